The summed E-state index contributed by atoms with van der Waals surface area (Å²) in [5, 5.41) is 6.69. The first-order valence-electron chi connectivity index (χ1n) is 9.83. The van der Waals surface area contributed by atoms with E-state index in [1.807, 2.05) is 12.1 Å². The van der Waals surface area contributed by atoms with Crippen molar-refractivity contribution in [1.82, 2.24) is 15.5 Å². The lowest BCUT2D eigenvalue weighted by Gasteiger charge is -2.26. The van der Waals surface area contributed by atoms with Crippen molar-refractivity contribution < 1.29 is 14.2 Å². The van der Waals surface area contributed by atoms with E-state index in [9.17, 15) is 0 Å². The summed E-state index contributed by atoms with van der Waals surface area (Å²) in [6.07, 6.45) is 1.09. The Hall–Kier alpha value is -1.26. The average Bonchev–Trinajstić information content (AvgIpc) is 2.68. The van der Waals surface area contributed by atoms with E-state index in [0.29, 0.717) is 19.1 Å². The molecule has 0 aliphatic carbocycles. The number of methoxy groups -OCH3 is 2. The number of aliphatic imine (C=N–C) groups is 1. The molecule has 1 rings (SSSR count). The molecule has 8 heteroatoms. The van der Waals surface area contributed by atoms with Crippen LogP contribution in [0.25, 0.3) is 0 Å². The van der Waals surface area contributed by atoms with Crippen molar-refractivity contribution in [2.75, 3.05) is 61.7 Å². The van der Waals surface area contributed by atoms with Crippen molar-refractivity contribution in [3.63, 3.8) is 0 Å². The summed E-state index contributed by atoms with van der Waals surface area (Å²) in [5.41, 5.74) is 1.14. The normalized spacial score (nSPS) is 12.5. The largest absolute Gasteiger partial charge is 0.493 e. The van der Waals surface area contributed by atoms with Crippen LogP contribution in [0.2, 0.25) is 0 Å². The van der Waals surface area contributed by atoms with Crippen LogP contribution in [-0.2, 0) is 4.74 Å². The second-order valence-corrected chi connectivity index (χ2v) is 7.27. The predicted molar refractivity (Wildman–Crippen MR) is 131 cm³/mol. The summed E-state index contributed by atoms with van der Waals surface area (Å²) in [6.45, 7) is 7.30. The molecule has 0 amide bonds. The van der Waals surface area contributed by atoms with Gasteiger partial charge >= 0.3 is 0 Å². The van der Waals surface area contributed by atoms with Gasteiger partial charge in [0.15, 0.2) is 17.5 Å². The van der Waals surface area contributed by atoms with Crippen molar-refractivity contribution in [2.24, 2.45) is 10.9 Å². The Kier molecular flexibility index (Phi) is 14.9. The van der Waals surface area contributed by atoms with Gasteiger partial charge in [-0.15, -0.1) is 24.0 Å². The number of nitrogens with one attached hydrogen (secondary N) is 2. The van der Waals surface area contributed by atoms with Crippen LogP contribution in [0.15, 0.2) is 23.2 Å². The summed E-state index contributed by atoms with van der Waals surface area (Å²) in [7, 11) is 9.18. The van der Waals surface area contributed by atoms with E-state index in [4.69, 9.17) is 14.2 Å². The third-order valence-corrected chi connectivity index (χ3v) is 4.48. The molecule has 0 aliphatic heterocycles. The maximum absolute atomic E-state index is 5.64. The number of rotatable bonds is 12. The van der Waals surface area contributed by atoms with Gasteiger partial charge in [0.25, 0.3) is 0 Å². The lowest BCUT2D eigenvalue weighted by Crippen LogP contribution is -2.42. The van der Waals surface area contributed by atoms with E-state index >= 15 is 0 Å². The molecule has 0 aromatic heterocycles. The number of halogens is 1. The van der Waals surface area contributed by atoms with Gasteiger partial charge < -0.3 is 29.7 Å². The molecule has 2 N–H and O–H groups in total. The fourth-order valence-electron chi connectivity index (χ4n) is 2.74. The number of hydrogen-bond acceptors (Lipinski definition) is 5. The second kappa shape index (κ2) is 15.6. The summed E-state index contributed by atoms with van der Waals surface area (Å²) in [6, 6.07) is 6.17. The third-order valence-electron chi connectivity index (χ3n) is 4.48. The Bertz CT molecular complexity index is 597. The molecule has 0 radical (unpaired) electrons. The zero-order valence-corrected chi connectivity index (χ0v) is 21.3. The molecule has 168 valence electrons. The molecule has 7 nitrogen and oxygen atoms in total. The molecular formula is C21H39IN4O3. The number of benzene rings is 1. The Morgan fingerprint density at radius 2 is 1.76 bits per heavy atom. The molecule has 29 heavy (non-hydrogen) atoms. The molecule has 0 fully saturated rings. The lowest BCUT2D eigenvalue weighted by atomic mass is 10.1. The highest BCUT2D eigenvalue weighted by atomic mass is 127. The first-order valence-corrected chi connectivity index (χ1v) is 9.83. The first-order chi connectivity index (χ1) is 13.4. The Labute approximate surface area is 193 Å². The summed E-state index contributed by atoms with van der Waals surface area (Å²) >= 11 is 0. The number of nitrogens with zero attached hydrogens (tertiary/aromatic N) is 2. The molecule has 0 bridgehead atoms. The van der Waals surface area contributed by atoms with Crippen LogP contribution < -0.4 is 20.1 Å². The molecule has 1 aromatic carbocycles. The van der Waals surface area contributed by atoms with Crippen molar-refractivity contribution in [2.45, 2.75) is 26.3 Å². The quantitative estimate of drug-likeness (QED) is 0.190. The first kappa shape index (κ1) is 27.7. The lowest BCUT2D eigenvalue weighted by molar-refractivity contribution is 0.128. The van der Waals surface area contributed by atoms with Crippen LogP contribution in [0.1, 0.15) is 31.9 Å². The van der Waals surface area contributed by atoms with Gasteiger partial charge in [0.05, 0.1) is 26.9 Å². The van der Waals surface area contributed by atoms with Gasteiger partial charge in [-0.3, -0.25) is 4.99 Å². The average molecular weight is 522 g/mol. The standard InChI is InChI=1S/C21H38N4O3.HI/c1-16(2)10-12-28-13-11-23-21(22-3)24-15-18(25(4)5)17-8-9-19(26-6)20(14-17)27-7;/h8-9,14,16,18H,10-13,15H2,1-7H3,(H2,22,23,24);1H. The van der Waals surface area contributed by atoms with E-state index in [1.165, 1.54) is 0 Å². The van der Waals surface area contributed by atoms with Gasteiger partial charge in [0, 0.05) is 26.7 Å². The number of likely N-dealkylation sites (N-methyl/N-ethyl adjacent to an activating group) is 1. The molecule has 1 unspecified atom stereocenters. The summed E-state index contributed by atoms with van der Waals surface area (Å²) in [5.74, 6) is 2.89. The van der Waals surface area contributed by atoms with E-state index in [1.54, 1.807) is 21.3 Å². The highest BCUT2D eigenvalue weighted by molar-refractivity contribution is 14.0. The topological polar surface area (TPSA) is 67.4 Å². The van der Waals surface area contributed by atoms with Crippen molar-refractivity contribution in [1.29, 1.82) is 0 Å². The fraction of sp³-hybridized carbons (Fsp3) is 0.667. The number of guanidine groups is 1. The zero-order valence-electron chi connectivity index (χ0n) is 18.9. The minimum atomic E-state index is 0. The Balaban J connectivity index is 0.00000784. The minimum Gasteiger partial charge on any atom is -0.493 e. The van der Waals surface area contributed by atoms with Gasteiger partial charge in [0.2, 0.25) is 0 Å². The molecule has 0 aliphatic rings. The zero-order chi connectivity index (χ0) is 20.9. The molecule has 0 saturated heterocycles. The van der Waals surface area contributed by atoms with E-state index in [0.717, 1.165) is 42.6 Å². The van der Waals surface area contributed by atoms with E-state index < -0.39 is 0 Å². The highest BCUT2D eigenvalue weighted by Crippen LogP contribution is 2.31. The molecule has 0 spiro atoms. The Morgan fingerprint density at radius 1 is 1.07 bits per heavy atom. The van der Waals surface area contributed by atoms with Crippen LogP contribution in [0.4, 0.5) is 0 Å². The molecule has 0 saturated carbocycles. The number of ether oxygens (including phenoxy) is 3. The van der Waals surface area contributed by atoms with Crippen LogP contribution >= 0.6 is 24.0 Å². The summed E-state index contributed by atoms with van der Waals surface area (Å²) in [4.78, 5) is 6.46. The molecule has 1 aromatic rings. The van der Waals surface area contributed by atoms with Crippen LogP contribution in [-0.4, -0.2) is 72.5 Å². The minimum absolute atomic E-state index is 0. The number of hydrogen-bond donors (Lipinski definition) is 2. The second-order valence-electron chi connectivity index (χ2n) is 7.27. The monoisotopic (exact) mass is 522 g/mol. The van der Waals surface area contributed by atoms with Gasteiger partial charge in [-0.05, 0) is 44.1 Å². The van der Waals surface area contributed by atoms with Crippen LogP contribution in [0.3, 0.4) is 0 Å². The summed E-state index contributed by atoms with van der Waals surface area (Å²) < 4.78 is 16.4. The van der Waals surface area contributed by atoms with Gasteiger partial charge in [0.1, 0.15) is 0 Å². The predicted octanol–water partition coefficient (Wildman–Crippen LogP) is 3.15. The molecule has 0 heterocycles. The van der Waals surface area contributed by atoms with Crippen molar-refractivity contribution in [3.8, 4) is 11.5 Å². The fourth-order valence-corrected chi connectivity index (χ4v) is 2.74. The maximum Gasteiger partial charge on any atom is 0.191 e. The molecule has 1 atom stereocenters. The molecular weight excluding hydrogens is 483 g/mol. The highest BCUT2D eigenvalue weighted by Gasteiger charge is 2.17. The van der Waals surface area contributed by atoms with Gasteiger partial charge in [-0.1, -0.05) is 19.9 Å². The SMILES string of the molecule is CN=C(NCCOCCC(C)C)NCC(c1ccc(OC)c(OC)c1)N(C)C.I. The van der Waals surface area contributed by atoms with Crippen molar-refractivity contribution >= 4 is 29.9 Å². The van der Waals surface area contributed by atoms with E-state index in [2.05, 4.69) is 54.5 Å². The smallest absolute Gasteiger partial charge is 0.191 e. The van der Waals surface area contributed by atoms with Gasteiger partial charge in [-0.25, -0.2) is 0 Å². The van der Waals surface area contributed by atoms with Crippen molar-refractivity contribution in [3.05, 3.63) is 23.8 Å². The van der Waals surface area contributed by atoms with E-state index in [-0.39, 0.29) is 30.0 Å². The third kappa shape index (κ3) is 10.4. The van der Waals surface area contributed by atoms with Crippen LogP contribution in [0.5, 0.6) is 11.5 Å². The van der Waals surface area contributed by atoms with Crippen LogP contribution in [0, 0.1) is 5.92 Å². The Morgan fingerprint density at radius 3 is 2.31 bits per heavy atom. The van der Waals surface area contributed by atoms with Gasteiger partial charge in [-0.2, -0.15) is 0 Å². The maximum atomic E-state index is 5.64.